The first-order valence-corrected chi connectivity index (χ1v) is 7.99. The van der Waals surface area contributed by atoms with Gasteiger partial charge in [0.25, 0.3) is 5.91 Å². The van der Waals surface area contributed by atoms with Crippen LogP contribution in [0, 0.1) is 11.6 Å². The van der Waals surface area contributed by atoms with E-state index in [1.165, 1.54) is 0 Å². The van der Waals surface area contributed by atoms with Crippen LogP contribution in [0.5, 0.6) is 0 Å². The quantitative estimate of drug-likeness (QED) is 0.724. The Morgan fingerprint density at radius 3 is 2.45 bits per heavy atom. The summed E-state index contributed by atoms with van der Waals surface area (Å²) in [7, 11) is 0. The molecule has 0 unspecified atom stereocenters. The van der Waals surface area contributed by atoms with E-state index in [-0.39, 0.29) is 11.3 Å². The molecule has 0 atom stereocenters. The van der Waals surface area contributed by atoms with Crippen LogP contribution in [0.3, 0.4) is 0 Å². The summed E-state index contributed by atoms with van der Waals surface area (Å²) in [6, 6.07) is 2.11. The average Bonchev–Trinajstić information content (AvgIpc) is 2.42. The fraction of sp³-hybridized carbons (Fsp3) is 0.500. The summed E-state index contributed by atoms with van der Waals surface area (Å²) in [5, 5.41) is 5.25. The maximum absolute atomic E-state index is 13.7. The van der Waals surface area contributed by atoms with E-state index in [4.69, 9.17) is 0 Å². The third-order valence-corrected chi connectivity index (χ3v) is 3.42. The number of hydrogen-bond donors (Lipinski definition) is 2. The second kappa shape index (κ2) is 8.79. The Hall–Kier alpha value is -1.30. The average molecular weight is 302 g/mol. The zero-order valence-electron chi connectivity index (χ0n) is 11.8. The minimum Gasteiger partial charge on any atom is -0.381 e. The van der Waals surface area contributed by atoms with Gasteiger partial charge in [-0.1, -0.05) is 0 Å². The highest BCUT2D eigenvalue weighted by Gasteiger charge is 2.14. The molecule has 0 aliphatic carbocycles. The highest BCUT2D eigenvalue weighted by atomic mass is 32.2. The monoisotopic (exact) mass is 302 g/mol. The molecule has 0 aliphatic heterocycles. The molecule has 1 rings (SSSR count). The Morgan fingerprint density at radius 2 is 1.90 bits per heavy atom. The molecule has 0 saturated carbocycles. The minimum atomic E-state index is -0.751. The highest BCUT2D eigenvalue weighted by molar-refractivity contribution is 7.98. The van der Waals surface area contributed by atoms with Crippen molar-refractivity contribution in [1.82, 2.24) is 5.32 Å². The van der Waals surface area contributed by atoms with Crippen molar-refractivity contribution in [3.63, 3.8) is 0 Å². The number of rotatable bonds is 8. The molecule has 0 saturated heterocycles. The molecule has 1 amide bonds. The summed E-state index contributed by atoms with van der Waals surface area (Å²) in [4.78, 5) is 11.8. The summed E-state index contributed by atoms with van der Waals surface area (Å²) in [6.07, 6.45) is 3.88. The van der Waals surface area contributed by atoms with Crippen LogP contribution < -0.4 is 10.6 Å². The van der Waals surface area contributed by atoms with Gasteiger partial charge >= 0.3 is 0 Å². The summed E-state index contributed by atoms with van der Waals surface area (Å²) < 4.78 is 27.3. The van der Waals surface area contributed by atoms with Gasteiger partial charge in [0.05, 0.1) is 0 Å². The number of hydrogen-bond acceptors (Lipinski definition) is 3. The Labute approximate surface area is 122 Å². The van der Waals surface area contributed by atoms with E-state index in [0.717, 1.165) is 30.7 Å². The number of carbonyl (C=O) groups is 1. The first-order chi connectivity index (χ1) is 9.60. The lowest BCUT2D eigenvalue weighted by molar-refractivity contribution is 0.0952. The van der Waals surface area contributed by atoms with Crippen LogP contribution in [0.15, 0.2) is 12.1 Å². The van der Waals surface area contributed by atoms with Crippen molar-refractivity contribution >= 4 is 23.4 Å². The smallest absolute Gasteiger partial charge is 0.251 e. The Balaban J connectivity index is 2.60. The highest BCUT2D eigenvalue weighted by Crippen LogP contribution is 2.20. The molecular weight excluding hydrogens is 282 g/mol. The van der Waals surface area contributed by atoms with Crippen LogP contribution in [0.25, 0.3) is 0 Å². The Bertz CT molecular complexity index is 432. The fourth-order valence-electron chi connectivity index (χ4n) is 1.73. The summed E-state index contributed by atoms with van der Waals surface area (Å²) in [5.74, 6) is -0.912. The predicted octanol–water partition coefficient (Wildman–Crippen LogP) is 3.27. The fourth-order valence-corrected chi connectivity index (χ4v) is 2.22. The van der Waals surface area contributed by atoms with E-state index >= 15 is 0 Å². The summed E-state index contributed by atoms with van der Waals surface area (Å²) >= 11 is 1.75. The van der Waals surface area contributed by atoms with Crippen LogP contribution in [-0.4, -0.2) is 31.0 Å². The predicted molar refractivity (Wildman–Crippen MR) is 80.5 cm³/mol. The molecule has 0 spiro atoms. The normalized spacial score (nSPS) is 10.4. The minimum absolute atomic E-state index is 0.00604. The van der Waals surface area contributed by atoms with Crippen LogP contribution in [0.1, 0.15) is 30.1 Å². The number of benzene rings is 1. The molecule has 1 aromatic rings. The maximum atomic E-state index is 13.7. The molecule has 6 heteroatoms. The van der Waals surface area contributed by atoms with Crippen molar-refractivity contribution in [3.8, 4) is 0 Å². The molecule has 0 aromatic heterocycles. The number of halogens is 2. The van der Waals surface area contributed by atoms with Crippen LogP contribution in [0.4, 0.5) is 14.5 Å². The Morgan fingerprint density at radius 1 is 1.25 bits per heavy atom. The first-order valence-electron chi connectivity index (χ1n) is 6.60. The van der Waals surface area contributed by atoms with E-state index in [1.807, 2.05) is 6.26 Å². The van der Waals surface area contributed by atoms with E-state index < -0.39 is 17.5 Å². The summed E-state index contributed by atoms with van der Waals surface area (Å²) in [5.41, 5.74) is -0.185. The van der Waals surface area contributed by atoms with Crippen molar-refractivity contribution in [2.75, 3.05) is 30.4 Å². The molecule has 0 radical (unpaired) electrons. The van der Waals surface area contributed by atoms with Gasteiger partial charge in [-0.25, -0.2) is 8.78 Å². The number of thioether (sulfide) groups is 1. The van der Waals surface area contributed by atoms with Crippen molar-refractivity contribution in [1.29, 1.82) is 0 Å². The van der Waals surface area contributed by atoms with Gasteiger partial charge in [-0.05, 0) is 43.9 Å². The number of unbranched alkanes of at least 4 members (excludes halogenated alkanes) is 1. The molecule has 0 bridgehead atoms. The molecular formula is C14H20F2N2OS. The third kappa shape index (κ3) is 5.00. The number of nitrogens with one attached hydrogen (secondary N) is 2. The number of anilines is 1. The van der Waals surface area contributed by atoms with Crippen LogP contribution in [-0.2, 0) is 0 Å². The lowest BCUT2D eigenvalue weighted by atomic mass is 10.1. The van der Waals surface area contributed by atoms with Crippen molar-refractivity contribution in [2.24, 2.45) is 0 Å². The van der Waals surface area contributed by atoms with Gasteiger partial charge in [0.15, 0.2) is 0 Å². The van der Waals surface area contributed by atoms with Crippen molar-refractivity contribution in [3.05, 3.63) is 29.3 Å². The molecule has 0 fully saturated rings. The topological polar surface area (TPSA) is 41.1 Å². The second-order valence-corrected chi connectivity index (χ2v) is 5.29. The van der Waals surface area contributed by atoms with Gasteiger partial charge in [0, 0.05) is 18.7 Å². The molecule has 112 valence electrons. The SMILES string of the molecule is CCNc1c(F)cc(C(=O)NCCCCSC)cc1F. The zero-order chi connectivity index (χ0) is 15.0. The van der Waals surface area contributed by atoms with Gasteiger partial charge < -0.3 is 10.6 Å². The zero-order valence-corrected chi connectivity index (χ0v) is 12.6. The third-order valence-electron chi connectivity index (χ3n) is 2.72. The largest absolute Gasteiger partial charge is 0.381 e. The van der Waals surface area contributed by atoms with E-state index in [1.54, 1.807) is 18.7 Å². The van der Waals surface area contributed by atoms with Gasteiger partial charge in [-0.3, -0.25) is 4.79 Å². The first kappa shape index (κ1) is 16.8. The molecule has 0 heterocycles. The van der Waals surface area contributed by atoms with E-state index in [0.29, 0.717) is 13.1 Å². The van der Waals surface area contributed by atoms with Gasteiger partial charge in [-0.2, -0.15) is 11.8 Å². The second-order valence-electron chi connectivity index (χ2n) is 4.30. The number of carbonyl (C=O) groups excluding carboxylic acids is 1. The standard InChI is InChI=1S/C14H20F2N2OS/c1-3-17-13-11(15)8-10(9-12(13)16)14(19)18-6-4-5-7-20-2/h8-9,17H,3-7H2,1-2H3,(H,18,19). The molecule has 0 aliphatic rings. The van der Waals surface area contributed by atoms with Crippen LogP contribution >= 0.6 is 11.8 Å². The number of amides is 1. The van der Waals surface area contributed by atoms with Crippen molar-refractivity contribution in [2.45, 2.75) is 19.8 Å². The molecule has 3 nitrogen and oxygen atoms in total. The summed E-state index contributed by atoms with van der Waals surface area (Å²) in [6.45, 7) is 2.67. The van der Waals surface area contributed by atoms with Gasteiger partial charge in [0.1, 0.15) is 17.3 Å². The van der Waals surface area contributed by atoms with E-state index in [2.05, 4.69) is 10.6 Å². The van der Waals surface area contributed by atoms with Gasteiger partial charge in [-0.15, -0.1) is 0 Å². The lowest BCUT2D eigenvalue weighted by Gasteiger charge is -2.09. The lowest BCUT2D eigenvalue weighted by Crippen LogP contribution is -2.25. The molecule has 1 aromatic carbocycles. The van der Waals surface area contributed by atoms with Crippen molar-refractivity contribution < 1.29 is 13.6 Å². The van der Waals surface area contributed by atoms with E-state index in [9.17, 15) is 13.6 Å². The molecule has 20 heavy (non-hydrogen) atoms. The van der Waals surface area contributed by atoms with Gasteiger partial charge in [0.2, 0.25) is 0 Å². The maximum Gasteiger partial charge on any atom is 0.251 e. The van der Waals surface area contributed by atoms with Crippen LogP contribution in [0.2, 0.25) is 0 Å². The molecule has 2 N–H and O–H groups in total. The Kier molecular flexibility index (Phi) is 7.36.